The number of ether oxygens (including phenoxy) is 3. The highest BCUT2D eigenvalue weighted by molar-refractivity contribution is 5.39. The van der Waals surface area contributed by atoms with Gasteiger partial charge in [0.05, 0.1) is 19.8 Å². The lowest BCUT2D eigenvalue weighted by Crippen LogP contribution is -2.33. The fraction of sp³-hybridized carbons (Fsp3) is 0.600. The van der Waals surface area contributed by atoms with E-state index in [0.717, 1.165) is 17.9 Å². The number of aliphatic hydroxyl groups excluding tert-OH is 1. The molecular weight excluding hydrogens is 258 g/mol. The number of methoxy groups -OCH3 is 1. The van der Waals surface area contributed by atoms with Gasteiger partial charge in [-0.25, -0.2) is 0 Å². The van der Waals surface area contributed by atoms with E-state index in [1.807, 2.05) is 31.2 Å². The molecule has 1 rings (SSSR count). The van der Waals surface area contributed by atoms with Gasteiger partial charge >= 0.3 is 0 Å². The molecule has 0 spiro atoms. The minimum Gasteiger partial charge on any atom is -0.493 e. The molecule has 0 aromatic heterocycles. The summed E-state index contributed by atoms with van der Waals surface area (Å²) in [5, 5.41) is 12.8. The number of aliphatic hydroxyl groups is 1. The summed E-state index contributed by atoms with van der Waals surface area (Å²) in [6, 6.07) is 7.53. The summed E-state index contributed by atoms with van der Waals surface area (Å²) in [6.45, 7) is 4.77. The first kappa shape index (κ1) is 16.8. The third-order valence-corrected chi connectivity index (χ3v) is 2.64. The predicted molar refractivity (Wildman–Crippen MR) is 78.5 cm³/mol. The van der Waals surface area contributed by atoms with E-state index in [1.54, 1.807) is 7.11 Å². The molecule has 20 heavy (non-hydrogen) atoms. The standard InChI is InChI=1S/C15H25NO4/c1-3-9-19-12-13(17)11-16-8-10-20-15-7-5-4-6-14(15)18-2/h4-7,13,16-17H,3,8-12H2,1-2H3/t13-/m0/s1. The first-order chi connectivity index (χ1) is 9.77. The molecule has 1 aromatic carbocycles. The van der Waals surface area contributed by atoms with Gasteiger partial charge in [-0.3, -0.25) is 0 Å². The molecule has 0 bridgehead atoms. The summed E-state index contributed by atoms with van der Waals surface area (Å²) in [5.41, 5.74) is 0. The third kappa shape index (κ3) is 6.75. The topological polar surface area (TPSA) is 60.0 Å². The normalized spacial score (nSPS) is 12.2. The maximum absolute atomic E-state index is 9.63. The lowest BCUT2D eigenvalue weighted by atomic mass is 10.3. The van der Waals surface area contributed by atoms with Crippen molar-refractivity contribution in [1.82, 2.24) is 5.32 Å². The molecule has 0 heterocycles. The Morgan fingerprint density at radius 2 is 1.95 bits per heavy atom. The molecule has 1 aromatic rings. The molecule has 0 aliphatic rings. The van der Waals surface area contributed by atoms with Gasteiger partial charge in [-0.1, -0.05) is 19.1 Å². The van der Waals surface area contributed by atoms with Crippen molar-refractivity contribution < 1.29 is 19.3 Å². The molecule has 1 atom stereocenters. The van der Waals surface area contributed by atoms with E-state index < -0.39 is 6.10 Å². The van der Waals surface area contributed by atoms with Crippen LogP contribution in [0, 0.1) is 0 Å². The summed E-state index contributed by atoms with van der Waals surface area (Å²) >= 11 is 0. The van der Waals surface area contributed by atoms with Crippen LogP contribution in [-0.4, -0.2) is 51.2 Å². The van der Waals surface area contributed by atoms with E-state index in [-0.39, 0.29) is 0 Å². The molecule has 114 valence electrons. The van der Waals surface area contributed by atoms with Gasteiger partial charge in [0, 0.05) is 19.7 Å². The van der Waals surface area contributed by atoms with Crippen molar-refractivity contribution in [3.05, 3.63) is 24.3 Å². The Hall–Kier alpha value is -1.30. The van der Waals surface area contributed by atoms with Crippen LogP contribution < -0.4 is 14.8 Å². The lowest BCUT2D eigenvalue weighted by Gasteiger charge is -2.13. The zero-order chi connectivity index (χ0) is 14.6. The van der Waals surface area contributed by atoms with Crippen molar-refractivity contribution in [2.45, 2.75) is 19.4 Å². The summed E-state index contributed by atoms with van der Waals surface area (Å²) in [6.07, 6.45) is 0.486. The van der Waals surface area contributed by atoms with Crippen LogP contribution in [0.25, 0.3) is 0 Å². The van der Waals surface area contributed by atoms with Gasteiger partial charge in [0.2, 0.25) is 0 Å². The summed E-state index contributed by atoms with van der Waals surface area (Å²) in [5.74, 6) is 1.45. The van der Waals surface area contributed by atoms with Crippen LogP contribution in [0.4, 0.5) is 0 Å². The quantitative estimate of drug-likeness (QED) is 0.602. The lowest BCUT2D eigenvalue weighted by molar-refractivity contribution is 0.0370. The number of hydrogen-bond donors (Lipinski definition) is 2. The number of benzene rings is 1. The molecule has 0 fully saturated rings. The van der Waals surface area contributed by atoms with Crippen LogP contribution >= 0.6 is 0 Å². The van der Waals surface area contributed by atoms with Gasteiger partial charge in [0.15, 0.2) is 11.5 Å². The van der Waals surface area contributed by atoms with Crippen molar-refractivity contribution in [3.8, 4) is 11.5 Å². The maximum atomic E-state index is 9.63. The second kappa shape index (κ2) is 10.5. The molecule has 5 heteroatoms. The van der Waals surface area contributed by atoms with E-state index in [1.165, 1.54) is 0 Å². The molecule has 0 saturated carbocycles. The van der Waals surface area contributed by atoms with Gasteiger partial charge in [0.1, 0.15) is 6.61 Å². The second-order valence-electron chi connectivity index (χ2n) is 4.43. The van der Waals surface area contributed by atoms with E-state index in [9.17, 15) is 5.11 Å². The number of para-hydroxylation sites is 2. The average Bonchev–Trinajstić information content (AvgIpc) is 2.47. The predicted octanol–water partition coefficient (Wildman–Crippen LogP) is 1.45. The Balaban J connectivity index is 2.10. The molecule has 0 saturated heterocycles. The minimum atomic E-state index is -0.479. The Labute approximate surface area is 120 Å². The van der Waals surface area contributed by atoms with Crippen molar-refractivity contribution >= 4 is 0 Å². The minimum absolute atomic E-state index is 0.369. The second-order valence-corrected chi connectivity index (χ2v) is 4.43. The van der Waals surface area contributed by atoms with Crippen LogP contribution in [0.3, 0.4) is 0 Å². The monoisotopic (exact) mass is 283 g/mol. The molecular formula is C15H25NO4. The SMILES string of the molecule is CCCOC[C@@H](O)CNCCOc1ccccc1OC. The van der Waals surface area contributed by atoms with Gasteiger partial charge in [-0.2, -0.15) is 0 Å². The fourth-order valence-corrected chi connectivity index (χ4v) is 1.66. The summed E-state index contributed by atoms with van der Waals surface area (Å²) < 4.78 is 16.1. The van der Waals surface area contributed by atoms with Crippen molar-refractivity contribution in [1.29, 1.82) is 0 Å². The molecule has 0 amide bonds. The molecule has 0 unspecified atom stereocenters. The molecule has 2 N–H and O–H groups in total. The van der Waals surface area contributed by atoms with E-state index >= 15 is 0 Å². The third-order valence-electron chi connectivity index (χ3n) is 2.64. The van der Waals surface area contributed by atoms with Crippen molar-refractivity contribution in [2.75, 3.05) is 40.0 Å². The van der Waals surface area contributed by atoms with Gasteiger partial charge in [-0.05, 0) is 18.6 Å². The smallest absolute Gasteiger partial charge is 0.161 e. The average molecular weight is 283 g/mol. The van der Waals surface area contributed by atoms with Crippen LogP contribution in [-0.2, 0) is 4.74 Å². The van der Waals surface area contributed by atoms with Crippen molar-refractivity contribution in [2.24, 2.45) is 0 Å². The Bertz CT molecular complexity index is 359. The first-order valence-corrected chi connectivity index (χ1v) is 7.00. The van der Waals surface area contributed by atoms with Crippen LogP contribution in [0.1, 0.15) is 13.3 Å². The molecule has 0 aliphatic heterocycles. The largest absolute Gasteiger partial charge is 0.493 e. The fourth-order valence-electron chi connectivity index (χ4n) is 1.66. The molecule has 5 nitrogen and oxygen atoms in total. The van der Waals surface area contributed by atoms with E-state index in [0.29, 0.717) is 32.9 Å². The highest BCUT2D eigenvalue weighted by Crippen LogP contribution is 2.25. The number of nitrogens with one attached hydrogen (secondary N) is 1. The van der Waals surface area contributed by atoms with Gasteiger partial charge in [-0.15, -0.1) is 0 Å². The Morgan fingerprint density at radius 3 is 2.65 bits per heavy atom. The van der Waals surface area contributed by atoms with E-state index in [4.69, 9.17) is 14.2 Å². The summed E-state index contributed by atoms with van der Waals surface area (Å²) in [4.78, 5) is 0. The highest BCUT2D eigenvalue weighted by atomic mass is 16.5. The molecule has 0 aliphatic carbocycles. The first-order valence-electron chi connectivity index (χ1n) is 7.00. The van der Waals surface area contributed by atoms with Gasteiger partial charge < -0.3 is 24.6 Å². The van der Waals surface area contributed by atoms with Crippen LogP contribution in [0.2, 0.25) is 0 Å². The maximum Gasteiger partial charge on any atom is 0.161 e. The van der Waals surface area contributed by atoms with Crippen molar-refractivity contribution in [3.63, 3.8) is 0 Å². The zero-order valence-corrected chi connectivity index (χ0v) is 12.3. The summed E-state index contributed by atoms with van der Waals surface area (Å²) in [7, 11) is 1.62. The highest BCUT2D eigenvalue weighted by Gasteiger charge is 2.04. The van der Waals surface area contributed by atoms with Crippen LogP contribution in [0.15, 0.2) is 24.3 Å². The van der Waals surface area contributed by atoms with Crippen LogP contribution in [0.5, 0.6) is 11.5 Å². The number of rotatable bonds is 11. The Kier molecular flexibility index (Phi) is 8.78. The molecule has 0 radical (unpaired) electrons. The van der Waals surface area contributed by atoms with E-state index in [2.05, 4.69) is 5.32 Å². The Morgan fingerprint density at radius 1 is 1.20 bits per heavy atom. The van der Waals surface area contributed by atoms with Gasteiger partial charge in [0.25, 0.3) is 0 Å². The number of hydrogen-bond acceptors (Lipinski definition) is 5. The zero-order valence-electron chi connectivity index (χ0n) is 12.3.